The first-order chi connectivity index (χ1) is 5.20. The van der Waals surface area contributed by atoms with Crippen LogP contribution in [0.25, 0.3) is 0 Å². The Morgan fingerprint density at radius 3 is 2.64 bits per heavy atom. The van der Waals surface area contributed by atoms with E-state index < -0.39 is 0 Å². The molecule has 0 saturated heterocycles. The molecule has 1 rings (SSSR count). The van der Waals surface area contributed by atoms with Crippen LogP contribution in [0.1, 0.15) is 12.5 Å². The zero-order valence-corrected chi connectivity index (χ0v) is 12.2. The van der Waals surface area contributed by atoms with E-state index >= 15 is 0 Å². The fraction of sp³-hybridized carbons (Fsp3) is 0.333. The molecule has 0 fully saturated rings. The SMILES string of the molecule is C[CH]([Hg])Cc1ccccc1O. The molecule has 1 unspecified atom stereocenters. The second-order valence-electron chi connectivity index (χ2n) is 2.94. The van der Waals surface area contributed by atoms with Gasteiger partial charge in [0.15, 0.2) is 0 Å². The molecular formula is C9H11HgO. The molecule has 0 radical (unpaired) electrons. The van der Waals surface area contributed by atoms with Gasteiger partial charge in [-0.05, 0) is 0 Å². The summed E-state index contributed by atoms with van der Waals surface area (Å²) in [5, 5.41) is 9.38. The van der Waals surface area contributed by atoms with Crippen molar-refractivity contribution in [3.05, 3.63) is 29.8 Å². The molecule has 2 heteroatoms. The Kier molecular flexibility index (Phi) is 3.37. The minimum absolute atomic E-state index is 0.449. The molecule has 55 valence electrons. The van der Waals surface area contributed by atoms with Gasteiger partial charge in [0.05, 0.1) is 0 Å². The van der Waals surface area contributed by atoms with E-state index in [4.69, 9.17) is 0 Å². The molecule has 0 aliphatic heterocycles. The number of rotatable bonds is 2. The quantitative estimate of drug-likeness (QED) is 0.822. The predicted molar refractivity (Wildman–Crippen MR) is 41.2 cm³/mol. The van der Waals surface area contributed by atoms with Gasteiger partial charge < -0.3 is 0 Å². The van der Waals surface area contributed by atoms with E-state index in [9.17, 15) is 5.11 Å². The molecular weight excluding hydrogens is 325 g/mol. The number of aromatic hydroxyl groups is 1. The first-order valence-electron chi connectivity index (χ1n) is 3.80. The van der Waals surface area contributed by atoms with Crippen LogP contribution in [0.4, 0.5) is 0 Å². The summed E-state index contributed by atoms with van der Waals surface area (Å²) in [7, 11) is 0. The van der Waals surface area contributed by atoms with E-state index in [1.807, 2.05) is 18.2 Å². The Morgan fingerprint density at radius 2 is 2.09 bits per heavy atom. The first-order valence-corrected chi connectivity index (χ1v) is 6.97. The van der Waals surface area contributed by atoms with E-state index in [1.54, 1.807) is 6.07 Å². The number of benzene rings is 1. The molecule has 0 aromatic heterocycles. The average Bonchev–Trinajstić information content (AvgIpc) is 1.93. The van der Waals surface area contributed by atoms with Crippen molar-refractivity contribution in [2.45, 2.75) is 16.8 Å². The molecule has 1 aromatic rings. The average molecular weight is 336 g/mol. The van der Waals surface area contributed by atoms with Crippen LogP contribution in [0.15, 0.2) is 24.3 Å². The van der Waals surface area contributed by atoms with Crippen LogP contribution in [0.2, 0.25) is 3.43 Å². The molecule has 1 atom stereocenters. The molecule has 0 saturated carbocycles. The van der Waals surface area contributed by atoms with Crippen molar-refractivity contribution in [1.82, 2.24) is 0 Å². The van der Waals surface area contributed by atoms with Crippen LogP contribution < -0.4 is 0 Å². The number of para-hydroxylation sites is 1. The second kappa shape index (κ2) is 4.10. The number of phenols is 1. The molecule has 0 amide bonds. The second-order valence-corrected chi connectivity index (χ2v) is 8.36. The van der Waals surface area contributed by atoms with E-state index in [0.717, 1.165) is 41.5 Å². The van der Waals surface area contributed by atoms with Crippen molar-refractivity contribution in [3.63, 3.8) is 0 Å². The van der Waals surface area contributed by atoms with Crippen molar-refractivity contribution in [2.75, 3.05) is 0 Å². The Hall–Kier alpha value is -0.0449. The van der Waals surface area contributed by atoms with Crippen LogP contribution in [0.5, 0.6) is 5.75 Å². The Morgan fingerprint density at radius 1 is 1.45 bits per heavy atom. The van der Waals surface area contributed by atoms with Crippen LogP contribution in [0.3, 0.4) is 0 Å². The van der Waals surface area contributed by atoms with Crippen molar-refractivity contribution in [1.29, 1.82) is 0 Å². The molecule has 1 aromatic carbocycles. The van der Waals surface area contributed by atoms with Gasteiger partial charge in [-0.3, -0.25) is 0 Å². The first kappa shape index (κ1) is 9.05. The van der Waals surface area contributed by atoms with Gasteiger partial charge in [0.25, 0.3) is 0 Å². The van der Waals surface area contributed by atoms with Crippen LogP contribution in [0, 0.1) is 0 Å². The van der Waals surface area contributed by atoms with E-state index in [0.29, 0.717) is 5.75 Å². The van der Waals surface area contributed by atoms with Crippen LogP contribution in [-0.2, 0) is 32.5 Å². The summed E-state index contributed by atoms with van der Waals surface area (Å²) in [6.45, 7) is 2.23. The summed E-state index contributed by atoms with van der Waals surface area (Å²) in [6.07, 6.45) is 1.04. The van der Waals surface area contributed by atoms with E-state index in [1.165, 1.54) is 0 Å². The zero-order chi connectivity index (χ0) is 8.27. The van der Waals surface area contributed by atoms with Crippen molar-refractivity contribution in [2.24, 2.45) is 0 Å². The molecule has 1 nitrogen and oxygen atoms in total. The van der Waals surface area contributed by atoms with Gasteiger partial charge >= 0.3 is 83.6 Å². The summed E-state index contributed by atoms with van der Waals surface area (Å²) in [5.41, 5.74) is 1.09. The fourth-order valence-corrected chi connectivity index (χ4v) is 2.27. The van der Waals surface area contributed by atoms with Gasteiger partial charge in [-0.15, -0.1) is 0 Å². The Balaban J connectivity index is 2.78. The number of hydrogen-bond acceptors (Lipinski definition) is 1. The molecule has 0 spiro atoms. The topological polar surface area (TPSA) is 20.2 Å². The fourth-order valence-electron chi connectivity index (χ4n) is 1.06. The molecule has 0 aliphatic rings. The predicted octanol–water partition coefficient (Wildman–Crippen LogP) is 2.29. The third kappa shape index (κ3) is 2.82. The maximum absolute atomic E-state index is 9.38. The summed E-state index contributed by atoms with van der Waals surface area (Å²) in [6, 6.07) is 7.59. The summed E-state index contributed by atoms with van der Waals surface area (Å²) in [5.74, 6) is 0.449. The monoisotopic (exact) mass is 337 g/mol. The van der Waals surface area contributed by atoms with E-state index in [-0.39, 0.29) is 0 Å². The normalized spacial score (nSPS) is 13.0. The van der Waals surface area contributed by atoms with E-state index in [2.05, 4.69) is 6.92 Å². The molecule has 1 N–H and O–H groups in total. The van der Waals surface area contributed by atoms with Gasteiger partial charge in [-0.2, -0.15) is 0 Å². The van der Waals surface area contributed by atoms with Crippen LogP contribution in [-0.4, -0.2) is 5.11 Å². The Labute approximate surface area is 83.4 Å². The van der Waals surface area contributed by atoms with Crippen molar-refractivity contribution < 1.29 is 31.2 Å². The molecule has 0 bridgehead atoms. The van der Waals surface area contributed by atoms with Crippen molar-refractivity contribution >= 4 is 0 Å². The zero-order valence-electron chi connectivity index (χ0n) is 6.75. The maximum atomic E-state index is 9.38. The molecule has 11 heavy (non-hydrogen) atoms. The van der Waals surface area contributed by atoms with Gasteiger partial charge in [0.1, 0.15) is 0 Å². The van der Waals surface area contributed by atoms with Gasteiger partial charge in [-0.25, -0.2) is 0 Å². The Bertz CT molecular complexity index is 233. The van der Waals surface area contributed by atoms with Crippen molar-refractivity contribution in [3.8, 4) is 5.75 Å². The van der Waals surface area contributed by atoms with Crippen LogP contribution >= 0.6 is 0 Å². The summed E-state index contributed by atoms with van der Waals surface area (Å²) in [4.78, 5) is 0. The number of hydrogen-bond donors (Lipinski definition) is 1. The van der Waals surface area contributed by atoms with Gasteiger partial charge in [-0.1, -0.05) is 0 Å². The number of phenolic OH excluding ortho intramolecular Hbond substituents is 1. The van der Waals surface area contributed by atoms with Gasteiger partial charge in [0.2, 0.25) is 0 Å². The minimum atomic E-state index is 0.449. The standard InChI is InChI=1S/C9H11O.Hg/c1-2-5-8-6-3-4-7-9(8)10;/h2-4,6-7,10H,5H2,1H3;. The summed E-state index contributed by atoms with van der Waals surface area (Å²) < 4.78 is 0.795. The third-order valence-electron chi connectivity index (χ3n) is 1.56. The molecule has 0 heterocycles. The van der Waals surface area contributed by atoms with Gasteiger partial charge in [0, 0.05) is 0 Å². The molecule has 0 aliphatic carbocycles. The summed E-state index contributed by atoms with van der Waals surface area (Å²) >= 11 is 0.809. The third-order valence-corrected chi connectivity index (χ3v) is 2.68.